The highest BCUT2D eigenvalue weighted by atomic mass is 16.7. The van der Waals surface area contributed by atoms with Gasteiger partial charge in [0.05, 0.1) is 12.8 Å². The van der Waals surface area contributed by atoms with E-state index in [2.05, 4.69) is 5.16 Å². The molecule has 1 heterocycles. The summed E-state index contributed by atoms with van der Waals surface area (Å²) in [4.78, 5) is 5.45. The molecule has 1 aliphatic heterocycles. The summed E-state index contributed by atoms with van der Waals surface area (Å²) in [7, 11) is 1.66. The summed E-state index contributed by atoms with van der Waals surface area (Å²) in [6.07, 6.45) is 0.651. The molecule has 0 saturated carbocycles. The van der Waals surface area contributed by atoms with Gasteiger partial charge >= 0.3 is 0 Å². The standard InChI is InChI=1S/C17H17NO3/c1-19-17-10-6-5-9-15(17)16-11-14(21-18-16)12-20-13-7-3-2-4-8-13/h2-10,14H,11-12H2,1H3. The largest absolute Gasteiger partial charge is 0.496 e. The number of rotatable bonds is 5. The molecule has 0 fully saturated rings. The third kappa shape index (κ3) is 3.16. The number of para-hydroxylation sites is 2. The van der Waals surface area contributed by atoms with Crippen LogP contribution in [0.15, 0.2) is 59.8 Å². The predicted molar refractivity (Wildman–Crippen MR) is 81.0 cm³/mol. The van der Waals surface area contributed by atoms with Gasteiger partial charge in [0, 0.05) is 12.0 Å². The van der Waals surface area contributed by atoms with Crippen molar-refractivity contribution in [3.63, 3.8) is 0 Å². The highest BCUT2D eigenvalue weighted by Crippen LogP contribution is 2.24. The first kappa shape index (κ1) is 13.5. The lowest BCUT2D eigenvalue weighted by atomic mass is 10.0. The lowest BCUT2D eigenvalue weighted by Crippen LogP contribution is -2.18. The molecule has 108 valence electrons. The Hall–Kier alpha value is -2.49. The smallest absolute Gasteiger partial charge is 0.167 e. The Bertz CT molecular complexity index is 625. The Morgan fingerprint density at radius 2 is 1.86 bits per heavy atom. The Morgan fingerprint density at radius 1 is 1.10 bits per heavy atom. The van der Waals surface area contributed by atoms with Gasteiger partial charge in [-0.25, -0.2) is 0 Å². The molecule has 0 aliphatic carbocycles. The Morgan fingerprint density at radius 3 is 2.67 bits per heavy atom. The third-order valence-electron chi connectivity index (χ3n) is 3.33. The van der Waals surface area contributed by atoms with Crippen LogP contribution in [0.25, 0.3) is 0 Å². The van der Waals surface area contributed by atoms with E-state index >= 15 is 0 Å². The molecule has 2 aromatic rings. The van der Waals surface area contributed by atoms with Gasteiger partial charge < -0.3 is 14.3 Å². The summed E-state index contributed by atoms with van der Waals surface area (Å²) in [5.41, 5.74) is 1.87. The second kappa shape index (κ2) is 6.31. The minimum Gasteiger partial charge on any atom is -0.496 e. The summed E-state index contributed by atoms with van der Waals surface area (Å²) in [5, 5.41) is 4.16. The van der Waals surface area contributed by atoms with Crippen LogP contribution in [-0.2, 0) is 4.84 Å². The maximum absolute atomic E-state index is 5.70. The molecule has 0 amide bonds. The molecule has 4 heteroatoms. The molecular weight excluding hydrogens is 266 g/mol. The third-order valence-corrected chi connectivity index (χ3v) is 3.33. The molecular formula is C17H17NO3. The lowest BCUT2D eigenvalue weighted by molar-refractivity contribution is 0.0471. The van der Waals surface area contributed by atoms with Gasteiger partial charge in [-0.1, -0.05) is 35.5 Å². The van der Waals surface area contributed by atoms with Crippen molar-refractivity contribution >= 4 is 5.71 Å². The van der Waals surface area contributed by atoms with Crippen LogP contribution >= 0.6 is 0 Å². The van der Waals surface area contributed by atoms with Crippen LogP contribution in [0.3, 0.4) is 0 Å². The number of methoxy groups -OCH3 is 1. The number of oxime groups is 1. The topological polar surface area (TPSA) is 40.0 Å². The first-order valence-corrected chi connectivity index (χ1v) is 6.91. The van der Waals surface area contributed by atoms with E-state index in [1.807, 2.05) is 54.6 Å². The van der Waals surface area contributed by atoms with Crippen molar-refractivity contribution in [2.24, 2.45) is 5.16 Å². The van der Waals surface area contributed by atoms with E-state index in [9.17, 15) is 0 Å². The number of nitrogens with zero attached hydrogens (tertiary/aromatic N) is 1. The summed E-state index contributed by atoms with van der Waals surface area (Å²) in [6, 6.07) is 17.5. The summed E-state index contributed by atoms with van der Waals surface area (Å²) >= 11 is 0. The monoisotopic (exact) mass is 283 g/mol. The van der Waals surface area contributed by atoms with Crippen LogP contribution < -0.4 is 9.47 Å². The second-order valence-electron chi connectivity index (χ2n) is 4.79. The molecule has 0 radical (unpaired) electrons. The average Bonchev–Trinajstić information content (AvgIpc) is 3.02. The van der Waals surface area contributed by atoms with E-state index in [4.69, 9.17) is 14.3 Å². The van der Waals surface area contributed by atoms with Crippen LogP contribution in [0.1, 0.15) is 12.0 Å². The van der Waals surface area contributed by atoms with E-state index in [-0.39, 0.29) is 6.10 Å². The van der Waals surface area contributed by atoms with Gasteiger partial charge in [0.25, 0.3) is 0 Å². The Labute approximate surface area is 123 Å². The van der Waals surface area contributed by atoms with Crippen LogP contribution in [0.5, 0.6) is 11.5 Å². The summed E-state index contributed by atoms with van der Waals surface area (Å²) < 4.78 is 11.1. The fourth-order valence-electron chi connectivity index (χ4n) is 2.27. The molecule has 0 aromatic heterocycles. The van der Waals surface area contributed by atoms with Crippen molar-refractivity contribution in [2.45, 2.75) is 12.5 Å². The number of benzene rings is 2. The van der Waals surface area contributed by atoms with Gasteiger partial charge in [0.15, 0.2) is 6.10 Å². The molecule has 0 spiro atoms. The maximum Gasteiger partial charge on any atom is 0.167 e. The molecule has 1 aliphatic rings. The van der Waals surface area contributed by atoms with Crippen LogP contribution in [0, 0.1) is 0 Å². The fourth-order valence-corrected chi connectivity index (χ4v) is 2.27. The molecule has 1 unspecified atom stereocenters. The van der Waals surface area contributed by atoms with E-state index < -0.39 is 0 Å². The molecule has 2 aromatic carbocycles. The summed E-state index contributed by atoms with van der Waals surface area (Å²) in [5.74, 6) is 1.65. The van der Waals surface area contributed by atoms with Crippen LogP contribution in [0.2, 0.25) is 0 Å². The van der Waals surface area contributed by atoms with Crippen molar-refractivity contribution in [1.82, 2.24) is 0 Å². The highest BCUT2D eigenvalue weighted by Gasteiger charge is 2.24. The van der Waals surface area contributed by atoms with Crippen molar-refractivity contribution in [3.05, 3.63) is 60.2 Å². The van der Waals surface area contributed by atoms with Crippen molar-refractivity contribution in [1.29, 1.82) is 0 Å². The quantitative estimate of drug-likeness (QED) is 0.845. The van der Waals surface area contributed by atoms with Crippen molar-refractivity contribution in [3.8, 4) is 11.5 Å². The summed E-state index contributed by atoms with van der Waals surface area (Å²) in [6.45, 7) is 0.478. The normalized spacial score (nSPS) is 17.0. The van der Waals surface area contributed by atoms with Crippen molar-refractivity contribution in [2.75, 3.05) is 13.7 Å². The number of hydrogen-bond acceptors (Lipinski definition) is 4. The minimum atomic E-state index is -0.0647. The number of ether oxygens (including phenoxy) is 2. The highest BCUT2D eigenvalue weighted by molar-refractivity contribution is 6.03. The molecule has 0 N–H and O–H groups in total. The van der Waals surface area contributed by atoms with E-state index in [1.54, 1.807) is 7.11 Å². The first-order chi connectivity index (χ1) is 10.4. The molecule has 21 heavy (non-hydrogen) atoms. The molecule has 0 saturated heterocycles. The van der Waals surface area contributed by atoms with Crippen LogP contribution in [-0.4, -0.2) is 25.5 Å². The lowest BCUT2D eigenvalue weighted by Gasteiger charge is -2.10. The predicted octanol–water partition coefficient (Wildman–Crippen LogP) is 3.27. The zero-order valence-electron chi connectivity index (χ0n) is 11.9. The van der Waals surface area contributed by atoms with Gasteiger partial charge in [0.2, 0.25) is 0 Å². The zero-order chi connectivity index (χ0) is 14.5. The molecule has 4 nitrogen and oxygen atoms in total. The zero-order valence-corrected chi connectivity index (χ0v) is 11.9. The molecule has 3 rings (SSSR count). The average molecular weight is 283 g/mol. The van der Waals surface area contributed by atoms with Crippen LogP contribution in [0.4, 0.5) is 0 Å². The van der Waals surface area contributed by atoms with E-state index in [0.29, 0.717) is 13.0 Å². The Kier molecular flexibility index (Phi) is 4.05. The number of hydrogen-bond donors (Lipinski definition) is 0. The Balaban J connectivity index is 1.60. The molecule has 1 atom stereocenters. The van der Waals surface area contributed by atoms with E-state index in [0.717, 1.165) is 22.8 Å². The second-order valence-corrected chi connectivity index (χ2v) is 4.79. The maximum atomic E-state index is 5.70. The van der Waals surface area contributed by atoms with Gasteiger partial charge in [0.1, 0.15) is 18.1 Å². The SMILES string of the molecule is COc1ccccc1C1=NOC(COc2ccccc2)C1. The first-order valence-electron chi connectivity index (χ1n) is 6.91. The van der Waals surface area contributed by atoms with Gasteiger partial charge in [-0.2, -0.15) is 0 Å². The van der Waals surface area contributed by atoms with Gasteiger partial charge in [-0.05, 0) is 24.3 Å². The fraction of sp³-hybridized carbons (Fsp3) is 0.235. The van der Waals surface area contributed by atoms with Gasteiger partial charge in [-0.15, -0.1) is 0 Å². The van der Waals surface area contributed by atoms with Gasteiger partial charge in [-0.3, -0.25) is 0 Å². The minimum absolute atomic E-state index is 0.0647. The molecule has 0 bridgehead atoms. The van der Waals surface area contributed by atoms with Crippen molar-refractivity contribution < 1.29 is 14.3 Å². The van der Waals surface area contributed by atoms with E-state index in [1.165, 1.54) is 0 Å².